The van der Waals surface area contributed by atoms with E-state index in [-0.39, 0.29) is 5.91 Å². The molecule has 0 radical (unpaired) electrons. The van der Waals surface area contributed by atoms with Crippen molar-refractivity contribution in [2.75, 3.05) is 5.32 Å². The second-order valence-electron chi connectivity index (χ2n) is 3.21. The Morgan fingerprint density at radius 1 is 1.31 bits per heavy atom. The summed E-state index contributed by atoms with van der Waals surface area (Å²) in [6.07, 6.45) is 0.750. The highest BCUT2D eigenvalue weighted by Crippen LogP contribution is 2.12. The van der Waals surface area contributed by atoms with Gasteiger partial charge in [-0.15, -0.1) is 0 Å². The minimum Gasteiger partial charge on any atom is -0.322 e. The molecule has 2 aromatic rings. The number of hydrogen-bond acceptors (Lipinski definition) is 3. The molecule has 0 aliphatic carbocycles. The van der Waals surface area contributed by atoms with E-state index < -0.39 is 0 Å². The molecular formula is C12H9NO2S. The van der Waals surface area contributed by atoms with E-state index in [1.165, 1.54) is 11.3 Å². The van der Waals surface area contributed by atoms with E-state index in [0.717, 1.165) is 6.29 Å². The summed E-state index contributed by atoms with van der Waals surface area (Å²) in [4.78, 5) is 22.2. The number of nitrogens with one attached hydrogen (secondary N) is 1. The molecule has 1 heterocycles. The van der Waals surface area contributed by atoms with E-state index in [1.54, 1.807) is 35.7 Å². The first-order valence-electron chi connectivity index (χ1n) is 4.68. The third-order valence-electron chi connectivity index (χ3n) is 2.06. The van der Waals surface area contributed by atoms with Gasteiger partial charge in [-0.1, -0.05) is 12.1 Å². The van der Waals surface area contributed by atoms with E-state index in [9.17, 15) is 9.59 Å². The monoisotopic (exact) mass is 231 g/mol. The fourth-order valence-electron chi connectivity index (χ4n) is 1.29. The van der Waals surface area contributed by atoms with Crippen LogP contribution >= 0.6 is 11.3 Å². The first-order chi connectivity index (χ1) is 7.79. The topological polar surface area (TPSA) is 46.2 Å². The Bertz CT molecular complexity index is 505. The predicted octanol–water partition coefficient (Wildman–Crippen LogP) is 2.81. The molecule has 3 nitrogen and oxygen atoms in total. The van der Waals surface area contributed by atoms with Crippen LogP contribution in [0.1, 0.15) is 20.7 Å². The zero-order valence-electron chi connectivity index (χ0n) is 8.34. The molecule has 1 amide bonds. The van der Waals surface area contributed by atoms with Gasteiger partial charge in [-0.3, -0.25) is 9.59 Å². The number of carbonyl (C=O) groups is 2. The predicted molar refractivity (Wildman–Crippen MR) is 64.1 cm³/mol. The molecular weight excluding hydrogens is 222 g/mol. The van der Waals surface area contributed by atoms with Crippen LogP contribution in [-0.4, -0.2) is 12.2 Å². The second-order valence-corrected chi connectivity index (χ2v) is 3.99. The highest BCUT2D eigenvalue weighted by molar-refractivity contribution is 7.08. The molecule has 0 saturated carbocycles. The van der Waals surface area contributed by atoms with E-state index >= 15 is 0 Å². The Labute approximate surface area is 96.7 Å². The van der Waals surface area contributed by atoms with Gasteiger partial charge in [-0.2, -0.15) is 11.3 Å². The van der Waals surface area contributed by atoms with Crippen molar-refractivity contribution < 1.29 is 9.59 Å². The van der Waals surface area contributed by atoms with Crippen molar-refractivity contribution in [3.05, 3.63) is 52.2 Å². The average molecular weight is 231 g/mol. The number of rotatable bonds is 3. The van der Waals surface area contributed by atoms with Gasteiger partial charge in [0.25, 0.3) is 5.91 Å². The largest absolute Gasteiger partial charge is 0.322 e. The van der Waals surface area contributed by atoms with Crippen molar-refractivity contribution >= 4 is 29.2 Å². The Hall–Kier alpha value is -1.94. The molecule has 1 aromatic heterocycles. The molecule has 0 atom stereocenters. The number of carbonyl (C=O) groups excluding carboxylic acids is 2. The summed E-state index contributed by atoms with van der Waals surface area (Å²) in [5, 5.41) is 6.35. The summed E-state index contributed by atoms with van der Waals surface area (Å²) < 4.78 is 0. The lowest BCUT2D eigenvalue weighted by Crippen LogP contribution is -2.10. The molecule has 80 valence electrons. The van der Waals surface area contributed by atoms with Gasteiger partial charge >= 0.3 is 0 Å². The Morgan fingerprint density at radius 2 is 2.19 bits per heavy atom. The summed E-state index contributed by atoms with van der Waals surface area (Å²) in [5.41, 5.74) is 1.80. The minimum absolute atomic E-state index is 0.163. The van der Waals surface area contributed by atoms with Crippen molar-refractivity contribution in [3.63, 3.8) is 0 Å². The normalized spacial score (nSPS) is 9.75. The number of benzene rings is 1. The highest BCUT2D eigenvalue weighted by atomic mass is 32.1. The molecule has 4 heteroatoms. The Morgan fingerprint density at radius 3 is 2.88 bits per heavy atom. The molecule has 0 fully saturated rings. The summed E-state index contributed by atoms with van der Waals surface area (Å²) in [6.45, 7) is 0. The van der Waals surface area contributed by atoms with E-state index in [0.29, 0.717) is 16.8 Å². The van der Waals surface area contributed by atoms with Gasteiger partial charge in [-0.05, 0) is 23.6 Å². The van der Waals surface area contributed by atoms with E-state index in [1.807, 2.05) is 5.38 Å². The molecule has 0 unspecified atom stereocenters. The number of thiophene rings is 1. The van der Waals surface area contributed by atoms with Crippen LogP contribution in [0.3, 0.4) is 0 Å². The van der Waals surface area contributed by atoms with Gasteiger partial charge in [0.1, 0.15) is 6.29 Å². The van der Waals surface area contributed by atoms with Gasteiger partial charge in [0.2, 0.25) is 0 Å². The number of amides is 1. The minimum atomic E-state index is -0.163. The first-order valence-corrected chi connectivity index (χ1v) is 5.62. The van der Waals surface area contributed by atoms with Crippen LogP contribution in [0, 0.1) is 0 Å². The number of hydrogen-bond donors (Lipinski definition) is 1. The number of aldehydes is 1. The lowest BCUT2D eigenvalue weighted by atomic mass is 10.2. The summed E-state index contributed by atoms with van der Waals surface area (Å²) >= 11 is 1.47. The lowest BCUT2D eigenvalue weighted by Gasteiger charge is -2.03. The van der Waals surface area contributed by atoms with E-state index in [2.05, 4.69) is 5.32 Å². The molecule has 0 aliphatic rings. The molecule has 0 aliphatic heterocycles. The van der Waals surface area contributed by atoms with Crippen LogP contribution < -0.4 is 5.32 Å². The maximum absolute atomic E-state index is 11.7. The molecule has 1 N–H and O–H groups in total. The zero-order chi connectivity index (χ0) is 11.4. The third-order valence-corrected chi connectivity index (χ3v) is 2.75. The molecule has 2 rings (SSSR count). The Kier molecular flexibility index (Phi) is 3.12. The highest BCUT2D eigenvalue weighted by Gasteiger charge is 2.05. The van der Waals surface area contributed by atoms with Gasteiger partial charge in [-0.25, -0.2) is 0 Å². The summed E-state index contributed by atoms with van der Waals surface area (Å²) in [7, 11) is 0. The van der Waals surface area contributed by atoms with Crippen LogP contribution in [0.15, 0.2) is 41.1 Å². The standard InChI is InChI=1S/C12H9NO2S/c14-7-9-2-1-3-11(6-9)13-12(15)10-4-5-16-8-10/h1-8H,(H,13,15). The van der Waals surface area contributed by atoms with Crippen molar-refractivity contribution in [3.8, 4) is 0 Å². The Balaban J connectivity index is 2.15. The average Bonchev–Trinajstić information content (AvgIpc) is 2.83. The molecule has 0 spiro atoms. The maximum atomic E-state index is 11.7. The van der Waals surface area contributed by atoms with Crippen LogP contribution in [-0.2, 0) is 0 Å². The maximum Gasteiger partial charge on any atom is 0.256 e. The van der Waals surface area contributed by atoms with Crippen molar-refractivity contribution in [2.45, 2.75) is 0 Å². The zero-order valence-corrected chi connectivity index (χ0v) is 9.16. The smallest absolute Gasteiger partial charge is 0.256 e. The summed E-state index contributed by atoms with van der Waals surface area (Å²) in [6, 6.07) is 8.55. The van der Waals surface area contributed by atoms with Crippen LogP contribution in [0.5, 0.6) is 0 Å². The SMILES string of the molecule is O=Cc1cccc(NC(=O)c2ccsc2)c1. The van der Waals surface area contributed by atoms with Gasteiger partial charge in [0.15, 0.2) is 0 Å². The number of anilines is 1. The lowest BCUT2D eigenvalue weighted by molar-refractivity contribution is 0.102. The van der Waals surface area contributed by atoms with Crippen molar-refractivity contribution in [2.24, 2.45) is 0 Å². The molecule has 1 aromatic carbocycles. The molecule has 0 saturated heterocycles. The van der Waals surface area contributed by atoms with Gasteiger partial charge in [0, 0.05) is 16.6 Å². The van der Waals surface area contributed by atoms with Gasteiger partial charge < -0.3 is 5.32 Å². The van der Waals surface area contributed by atoms with Crippen LogP contribution in [0.2, 0.25) is 0 Å². The van der Waals surface area contributed by atoms with Crippen molar-refractivity contribution in [1.82, 2.24) is 0 Å². The summed E-state index contributed by atoms with van der Waals surface area (Å²) in [5.74, 6) is -0.163. The second kappa shape index (κ2) is 4.72. The molecule has 16 heavy (non-hydrogen) atoms. The van der Waals surface area contributed by atoms with E-state index in [4.69, 9.17) is 0 Å². The third kappa shape index (κ3) is 2.35. The van der Waals surface area contributed by atoms with Crippen LogP contribution in [0.25, 0.3) is 0 Å². The first kappa shape index (κ1) is 10.6. The fraction of sp³-hybridized carbons (Fsp3) is 0. The van der Waals surface area contributed by atoms with Crippen molar-refractivity contribution in [1.29, 1.82) is 0 Å². The fourth-order valence-corrected chi connectivity index (χ4v) is 1.92. The van der Waals surface area contributed by atoms with Gasteiger partial charge in [0.05, 0.1) is 5.56 Å². The quantitative estimate of drug-likeness (QED) is 0.825. The van der Waals surface area contributed by atoms with Crippen LogP contribution in [0.4, 0.5) is 5.69 Å². The molecule has 0 bridgehead atoms.